The summed E-state index contributed by atoms with van der Waals surface area (Å²) in [4.78, 5) is 27.5. The summed E-state index contributed by atoms with van der Waals surface area (Å²) in [6.45, 7) is 5.12. The molecule has 98 valence electrons. The molecule has 0 bridgehead atoms. The van der Waals surface area contributed by atoms with Crippen LogP contribution in [-0.2, 0) is 4.79 Å². The number of Topliss-reactive ketones (excluding diaryl/α,β-unsaturated/α-hetero) is 1. The van der Waals surface area contributed by atoms with Gasteiger partial charge in [0.2, 0.25) is 5.91 Å². The fraction of sp³-hybridized carbons (Fsp3) is 0.571. The van der Waals surface area contributed by atoms with Gasteiger partial charge in [0.15, 0.2) is 5.78 Å². The van der Waals surface area contributed by atoms with E-state index in [4.69, 9.17) is 0 Å². The molecule has 1 atom stereocenters. The summed E-state index contributed by atoms with van der Waals surface area (Å²) >= 11 is 1.50. The average molecular weight is 265 g/mol. The number of thiophene rings is 1. The van der Waals surface area contributed by atoms with Gasteiger partial charge in [-0.3, -0.25) is 9.59 Å². The molecule has 0 radical (unpaired) electrons. The Morgan fingerprint density at radius 2 is 2.28 bits per heavy atom. The molecule has 1 aromatic heterocycles. The number of carbonyl (C=O) groups excluding carboxylic acids is 2. The highest BCUT2D eigenvalue weighted by Crippen LogP contribution is 2.23. The van der Waals surface area contributed by atoms with Crippen LogP contribution in [0.4, 0.5) is 0 Å². The Kier molecular flexibility index (Phi) is 4.17. The first-order chi connectivity index (χ1) is 8.60. The molecule has 0 saturated carbocycles. The second-order valence-corrected chi connectivity index (χ2v) is 6.25. The smallest absolute Gasteiger partial charge is 0.223 e. The summed E-state index contributed by atoms with van der Waals surface area (Å²) < 4.78 is 0. The van der Waals surface area contributed by atoms with Crippen LogP contribution in [0.1, 0.15) is 40.7 Å². The van der Waals surface area contributed by atoms with Crippen molar-refractivity contribution in [2.24, 2.45) is 5.92 Å². The fourth-order valence-corrected chi connectivity index (χ4v) is 3.24. The van der Waals surface area contributed by atoms with Gasteiger partial charge in [-0.05, 0) is 31.4 Å². The number of ketones is 1. The van der Waals surface area contributed by atoms with Gasteiger partial charge in [-0.15, -0.1) is 11.3 Å². The molecule has 1 aromatic rings. The van der Waals surface area contributed by atoms with Crippen LogP contribution < -0.4 is 0 Å². The van der Waals surface area contributed by atoms with Crippen LogP contribution in [0.5, 0.6) is 0 Å². The number of aryl methyl sites for hydroxylation is 1. The first-order valence-electron chi connectivity index (χ1n) is 6.47. The molecule has 1 unspecified atom stereocenters. The molecule has 1 fully saturated rings. The van der Waals surface area contributed by atoms with Gasteiger partial charge in [0.25, 0.3) is 0 Å². The Bertz CT molecular complexity index is 452. The first kappa shape index (κ1) is 13.3. The summed E-state index contributed by atoms with van der Waals surface area (Å²) in [6, 6.07) is 3.80. The van der Waals surface area contributed by atoms with Crippen molar-refractivity contribution in [1.29, 1.82) is 0 Å². The molecule has 1 amide bonds. The molecule has 0 N–H and O–H groups in total. The summed E-state index contributed by atoms with van der Waals surface area (Å²) in [5.41, 5.74) is 0. The van der Waals surface area contributed by atoms with E-state index in [-0.39, 0.29) is 18.2 Å². The van der Waals surface area contributed by atoms with Gasteiger partial charge in [-0.2, -0.15) is 0 Å². The van der Waals surface area contributed by atoms with Crippen molar-refractivity contribution in [2.75, 3.05) is 13.1 Å². The van der Waals surface area contributed by atoms with Crippen molar-refractivity contribution < 1.29 is 9.59 Å². The van der Waals surface area contributed by atoms with Crippen LogP contribution >= 0.6 is 11.3 Å². The first-order valence-corrected chi connectivity index (χ1v) is 7.29. The number of rotatable bonds is 5. The van der Waals surface area contributed by atoms with Gasteiger partial charge < -0.3 is 4.90 Å². The van der Waals surface area contributed by atoms with Crippen LogP contribution in [0, 0.1) is 12.8 Å². The lowest BCUT2D eigenvalue weighted by Gasteiger charge is -2.15. The molecule has 1 saturated heterocycles. The molecule has 0 spiro atoms. The van der Waals surface area contributed by atoms with Crippen molar-refractivity contribution >= 4 is 23.0 Å². The lowest BCUT2D eigenvalue weighted by atomic mass is 10.0. The van der Waals surface area contributed by atoms with Gasteiger partial charge in [0, 0.05) is 17.8 Å². The van der Waals surface area contributed by atoms with E-state index in [0.29, 0.717) is 12.3 Å². The minimum atomic E-state index is 0.0681. The molecular formula is C14H19NO2S. The standard InChI is InChI=1S/C14H19NO2S/c1-3-4-11-7-14(17)15(8-11)9-12(16)13-6-5-10(2)18-13/h5-6,11H,3-4,7-9H2,1-2H3. The van der Waals surface area contributed by atoms with E-state index >= 15 is 0 Å². The largest absolute Gasteiger partial charge is 0.335 e. The van der Waals surface area contributed by atoms with Crippen LogP contribution in [0.25, 0.3) is 0 Å². The number of hydrogen-bond donors (Lipinski definition) is 0. The molecule has 4 heteroatoms. The zero-order valence-corrected chi connectivity index (χ0v) is 11.8. The van der Waals surface area contributed by atoms with E-state index in [1.807, 2.05) is 19.1 Å². The SMILES string of the molecule is CCCC1CC(=O)N(CC(=O)c2ccc(C)s2)C1. The predicted octanol–water partition coefficient (Wildman–Crippen LogP) is 2.89. The molecule has 2 heterocycles. The Morgan fingerprint density at radius 3 is 2.89 bits per heavy atom. The molecule has 3 nitrogen and oxygen atoms in total. The summed E-state index contributed by atoms with van der Waals surface area (Å²) in [7, 11) is 0. The van der Waals surface area contributed by atoms with Crippen molar-refractivity contribution in [2.45, 2.75) is 33.1 Å². The maximum absolute atomic E-state index is 12.0. The minimum Gasteiger partial charge on any atom is -0.335 e. The summed E-state index contributed by atoms with van der Waals surface area (Å²) in [5, 5.41) is 0. The molecular weight excluding hydrogens is 246 g/mol. The van der Waals surface area contributed by atoms with Crippen LogP contribution in [-0.4, -0.2) is 29.7 Å². The third-order valence-electron chi connectivity index (χ3n) is 3.34. The van der Waals surface area contributed by atoms with Gasteiger partial charge in [-0.1, -0.05) is 13.3 Å². The van der Waals surface area contributed by atoms with Crippen molar-refractivity contribution in [3.05, 3.63) is 21.9 Å². The molecule has 1 aliphatic heterocycles. The number of likely N-dealkylation sites (tertiary alicyclic amines) is 1. The van der Waals surface area contributed by atoms with E-state index in [2.05, 4.69) is 6.92 Å². The van der Waals surface area contributed by atoms with Crippen molar-refractivity contribution in [1.82, 2.24) is 4.90 Å². The second-order valence-electron chi connectivity index (χ2n) is 4.97. The van der Waals surface area contributed by atoms with Gasteiger partial charge >= 0.3 is 0 Å². The summed E-state index contributed by atoms with van der Waals surface area (Å²) in [5.74, 6) is 0.647. The highest BCUT2D eigenvalue weighted by molar-refractivity contribution is 7.14. The van der Waals surface area contributed by atoms with Crippen LogP contribution in [0.3, 0.4) is 0 Å². The lowest BCUT2D eigenvalue weighted by Crippen LogP contribution is -2.31. The van der Waals surface area contributed by atoms with Gasteiger partial charge in [-0.25, -0.2) is 0 Å². The number of amides is 1. The fourth-order valence-electron chi connectivity index (χ4n) is 2.44. The molecule has 2 rings (SSSR count). The van der Waals surface area contributed by atoms with E-state index in [1.165, 1.54) is 11.3 Å². The van der Waals surface area contributed by atoms with Gasteiger partial charge in [0.05, 0.1) is 11.4 Å². The Balaban J connectivity index is 1.94. The molecule has 18 heavy (non-hydrogen) atoms. The third kappa shape index (κ3) is 2.99. The number of hydrogen-bond acceptors (Lipinski definition) is 3. The van der Waals surface area contributed by atoms with E-state index in [0.717, 1.165) is 29.1 Å². The lowest BCUT2D eigenvalue weighted by molar-refractivity contribution is -0.127. The highest BCUT2D eigenvalue weighted by atomic mass is 32.1. The molecule has 0 aromatic carbocycles. The average Bonchev–Trinajstić information content (AvgIpc) is 2.87. The van der Waals surface area contributed by atoms with Crippen molar-refractivity contribution in [3.63, 3.8) is 0 Å². The number of carbonyl (C=O) groups is 2. The quantitative estimate of drug-likeness (QED) is 0.768. The van der Waals surface area contributed by atoms with Crippen LogP contribution in [0.2, 0.25) is 0 Å². The Hall–Kier alpha value is -1.16. The Labute approximate surface area is 112 Å². The molecule has 1 aliphatic rings. The topological polar surface area (TPSA) is 37.4 Å². The zero-order chi connectivity index (χ0) is 13.1. The summed E-state index contributed by atoms with van der Waals surface area (Å²) in [6.07, 6.45) is 2.79. The van der Waals surface area contributed by atoms with Crippen molar-refractivity contribution in [3.8, 4) is 0 Å². The maximum atomic E-state index is 12.0. The van der Waals surface area contributed by atoms with E-state index in [9.17, 15) is 9.59 Å². The minimum absolute atomic E-state index is 0.0681. The van der Waals surface area contributed by atoms with E-state index < -0.39 is 0 Å². The third-order valence-corrected chi connectivity index (χ3v) is 4.38. The molecule has 0 aliphatic carbocycles. The highest BCUT2D eigenvalue weighted by Gasteiger charge is 2.30. The van der Waals surface area contributed by atoms with Crippen LogP contribution in [0.15, 0.2) is 12.1 Å². The zero-order valence-electron chi connectivity index (χ0n) is 10.9. The Morgan fingerprint density at radius 1 is 1.50 bits per heavy atom. The predicted molar refractivity (Wildman–Crippen MR) is 73.0 cm³/mol. The number of nitrogens with zero attached hydrogens (tertiary/aromatic N) is 1. The van der Waals surface area contributed by atoms with E-state index in [1.54, 1.807) is 4.90 Å². The maximum Gasteiger partial charge on any atom is 0.223 e. The second kappa shape index (κ2) is 5.65. The monoisotopic (exact) mass is 265 g/mol. The van der Waals surface area contributed by atoms with Gasteiger partial charge in [0.1, 0.15) is 0 Å². The normalized spacial score (nSPS) is 19.6.